The molecule has 10 nitrogen and oxygen atoms in total. The van der Waals surface area contributed by atoms with Crippen molar-refractivity contribution in [3.05, 3.63) is 112 Å². The number of oxime groups is 1. The van der Waals surface area contributed by atoms with Crippen LogP contribution in [0.1, 0.15) is 41.5 Å². The minimum Gasteiger partial charge on any atom is -0.497 e. The fourth-order valence-corrected chi connectivity index (χ4v) is 6.65. The number of methoxy groups -OCH3 is 3. The topological polar surface area (TPSA) is 100 Å². The van der Waals surface area contributed by atoms with E-state index in [0.29, 0.717) is 17.9 Å². The summed E-state index contributed by atoms with van der Waals surface area (Å²) in [5, 5.41) is 7.75. The van der Waals surface area contributed by atoms with E-state index >= 15 is 0 Å². The van der Waals surface area contributed by atoms with Gasteiger partial charge in [0.25, 0.3) is 5.91 Å². The molecule has 4 aromatic carbocycles. The summed E-state index contributed by atoms with van der Waals surface area (Å²) in [7, 11) is 4.86. The number of carbonyl (C=O) groups excluding carboxylic acids is 1. The van der Waals surface area contributed by atoms with Crippen LogP contribution < -0.4 is 29.0 Å². The van der Waals surface area contributed by atoms with Gasteiger partial charge in [-0.15, -0.1) is 0 Å². The number of ether oxygens (including phenoxy) is 5. The van der Waals surface area contributed by atoms with Gasteiger partial charge < -0.3 is 38.7 Å². The van der Waals surface area contributed by atoms with E-state index in [-0.39, 0.29) is 47.6 Å². The van der Waals surface area contributed by atoms with Gasteiger partial charge in [0.15, 0.2) is 17.2 Å². The number of fused-ring (bicyclic) bond motifs is 3. The molecule has 0 aliphatic carbocycles. The molecular weight excluding hydrogens is 670 g/mol. The first-order valence-electron chi connectivity index (χ1n) is 17.1. The maximum absolute atomic E-state index is 14.0. The summed E-state index contributed by atoms with van der Waals surface area (Å²) in [5.41, 5.74) is 3.18. The lowest BCUT2D eigenvalue weighted by Crippen LogP contribution is -2.53. The van der Waals surface area contributed by atoms with Crippen molar-refractivity contribution < 1.29 is 33.3 Å². The Hall–Kier alpha value is -4.93. The average molecular weight is 714 g/mol. The molecule has 0 aromatic heterocycles. The molecule has 0 radical (unpaired) electrons. The lowest BCUT2D eigenvalue weighted by atomic mass is 9.72. The molecule has 3 aliphatic rings. The number of carbonyl (C=O) groups is 1. The number of hydrogen-bond donors (Lipinski definition) is 1. The number of rotatable bonds is 16. The highest BCUT2D eigenvalue weighted by Gasteiger charge is 2.39. The molecule has 3 saturated heterocycles. The van der Waals surface area contributed by atoms with Gasteiger partial charge in [0.1, 0.15) is 37.1 Å². The van der Waals surface area contributed by atoms with Crippen LogP contribution in [0.2, 0.25) is 5.02 Å². The van der Waals surface area contributed by atoms with Crippen molar-refractivity contribution in [1.82, 2.24) is 10.2 Å². The van der Waals surface area contributed by atoms with E-state index in [9.17, 15) is 4.79 Å². The molecule has 11 heteroatoms. The number of halogens is 1. The summed E-state index contributed by atoms with van der Waals surface area (Å²) >= 11 is 7.15. The largest absolute Gasteiger partial charge is 0.497 e. The van der Waals surface area contributed by atoms with E-state index in [4.69, 9.17) is 40.1 Å². The zero-order chi connectivity index (χ0) is 35.6. The van der Waals surface area contributed by atoms with Crippen molar-refractivity contribution in [3.8, 4) is 28.7 Å². The van der Waals surface area contributed by atoms with Gasteiger partial charge >= 0.3 is 0 Å². The van der Waals surface area contributed by atoms with Crippen molar-refractivity contribution in [2.45, 2.75) is 39.1 Å². The standard InChI is InChI=1S/C40H44ClN3O7/c1-46-31-10-4-28(5-11-31)24-49-35-17-16-34(36(41)38(35)50-25-29-6-12-32(47-2)13-7-29)37(43-51-26-30-8-14-33(48-3)15-9-30)39(45)42-27-40-18-21-44(22-19-40)23-20-40/h4-17H,18-27H2,1-3H3,(H,42,45)/b43-37-. The fourth-order valence-electron chi connectivity index (χ4n) is 6.35. The van der Waals surface area contributed by atoms with Crippen LogP contribution in [-0.2, 0) is 29.5 Å². The molecule has 1 N–H and O–H groups in total. The first kappa shape index (κ1) is 35.9. The van der Waals surface area contributed by atoms with E-state index in [1.54, 1.807) is 33.5 Å². The van der Waals surface area contributed by atoms with Gasteiger partial charge in [-0.2, -0.15) is 0 Å². The SMILES string of the molecule is COc1ccc(CO/N=C(\C(=O)NCC23CCN(CC2)CC3)c2ccc(OCc3ccc(OC)cc3)c(OCc3ccc(OC)cc3)c2Cl)cc1. The molecular formula is C40H44ClN3O7. The average Bonchev–Trinajstić information content (AvgIpc) is 3.19. The Kier molecular flexibility index (Phi) is 11.9. The first-order chi connectivity index (χ1) is 24.9. The van der Waals surface area contributed by atoms with Gasteiger partial charge in [-0.1, -0.05) is 53.2 Å². The van der Waals surface area contributed by atoms with Crippen LogP contribution in [0.4, 0.5) is 0 Å². The zero-order valence-corrected chi connectivity index (χ0v) is 30.0. The number of amides is 1. The molecule has 268 valence electrons. The van der Waals surface area contributed by atoms with Gasteiger partial charge in [-0.05, 0) is 110 Å². The van der Waals surface area contributed by atoms with Crippen LogP contribution in [0.15, 0.2) is 90.1 Å². The predicted molar refractivity (Wildman–Crippen MR) is 196 cm³/mol. The van der Waals surface area contributed by atoms with Crippen molar-refractivity contribution in [2.75, 3.05) is 47.5 Å². The number of hydrogen-bond acceptors (Lipinski definition) is 9. The molecule has 0 spiro atoms. The van der Waals surface area contributed by atoms with Crippen LogP contribution in [0.5, 0.6) is 28.7 Å². The second kappa shape index (κ2) is 16.9. The zero-order valence-electron chi connectivity index (χ0n) is 29.3. The van der Waals surface area contributed by atoms with Gasteiger partial charge in [-0.3, -0.25) is 4.79 Å². The third-order valence-electron chi connectivity index (χ3n) is 9.67. The van der Waals surface area contributed by atoms with Crippen molar-refractivity contribution >= 4 is 23.2 Å². The van der Waals surface area contributed by atoms with E-state index in [2.05, 4.69) is 15.4 Å². The Morgan fingerprint density at radius 2 is 1.20 bits per heavy atom. The Balaban J connectivity index is 1.29. The molecule has 0 unspecified atom stereocenters. The Morgan fingerprint density at radius 1 is 0.706 bits per heavy atom. The maximum atomic E-state index is 14.0. The normalized spacial score (nSPS) is 18.1. The number of piperidine rings is 3. The van der Waals surface area contributed by atoms with Gasteiger partial charge in [0.2, 0.25) is 0 Å². The lowest BCUT2D eigenvalue weighted by molar-refractivity contribution is -0.116. The summed E-state index contributed by atoms with van der Waals surface area (Å²) in [4.78, 5) is 22.3. The quantitative estimate of drug-likeness (QED) is 0.0975. The molecule has 51 heavy (non-hydrogen) atoms. The molecule has 0 saturated carbocycles. The van der Waals surface area contributed by atoms with Gasteiger partial charge in [0.05, 0.1) is 26.4 Å². The lowest BCUT2D eigenvalue weighted by Gasteiger charge is -2.48. The van der Waals surface area contributed by atoms with Crippen molar-refractivity contribution in [3.63, 3.8) is 0 Å². The first-order valence-corrected chi connectivity index (χ1v) is 17.4. The van der Waals surface area contributed by atoms with Gasteiger partial charge in [-0.25, -0.2) is 0 Å². The molecule has 3 fully saturated rings. The van der Waals surface area contributed by atoms with Crippen LogP contribution in [-0.4, -0.2) is 64.0 Å². The Morgan fingerprint density at radius 3 is 1.71 bits per heavy atom. The van der Waals surface area contributed by atoms with E-state index in [0.717, 1.165) is 72.8 Å². The highest BCUT2D eigenvalue weighted by atomic mass is 35.5. The molecule has 2 bridgehead atoms. The third kappa shape index (κ3) is 9.06. The molecule has 4 aromatic rings. The van der Waals surface area contributed by atoms with Crippen molar-refractivity contribution in [1.29, 1.82) is 0 Å². The van der Waals surface area contributed by atoms with Crippen molar-refractivity contribution in [2.24, 2.45) is 10.6 Å². The number of benzene rings is 4. The van der Waals surface area contributed by atoms with Crippen LogP contribution in [0, 0.1) is 5.41 Å². The second-order valence-electron chi connectivity index (χ2n) is 12.9. The molecule has 1 amide bonds. The highest BCUT2D eigenvalue weighted by molar-refractivity contribution is 6.49. The number of nitrogens with zero attached hydrogens (tertiary/aromatic N) is 2. The third-order valence-corrected chi connectivity index (χ3v) is 10.0. The summed E-state index contributed by atoms with van der Waals surface area (Å²) in [6, 6.07) is 26.1. The van der Waals surface area contributed by atoms with Gasteiger partial charge in [0, 0.05) is 12.1 Å². The Bertz CT molecular complexity index is 1780. The molecule has 0 atom stereocenters. The smallest absolute Gasteiger partial charge is 0.274 e. The second-order valence-corrected chi connectivity index (χ2v) is 13.2. The summed E-state index contributed by atoms with van der Waals surface area (Å²) < 4.78 is 28.5. The van der Waals surface area contributed by atoms with E-state index in [1.165, 1.54) is 0 Å². The van der Waals surface area contributed by atoms with Crippen LogP contribution in [0.3, 0.4) is 0 Å². The molecule has 3 heterocycles. The maximum Gasteiger partial charge on any atom is 0.274 e. The molecule has 7 rings (SSSR count). The monoisotopic (exact) mass is 713 g/mol. The van der Waals surface area contributed by atoms with E-state index < -0.39 is 0 Å². The molecule has 3 aliphatic heterocycles. The minimum absolute atomic E-state index is 0.0501. The summed E-state index contributed by atoms with van der Waals surface area (Å²) in [5.74, 6) is 2.55. The van der Waals surface area contributed by atoms with Crippen LogP contribution in [0.25, 0.3) is 0 Å². The minimum atomic E-state index is -0.373. The van der Waals surface area contributed by atoms with E-state index in [1.807, 2.05) is 72.8 Å². The highest BCUT2D eigenvalue weighted by Crippen LogP contribution is 2.41. The Labute approximate surface area is 304 Å². The summed E-state index contributed by atoms with van der Waals surface area (Å²) in [6.45, 7) is 4.31. The van der Waals surface area contributed by atoms with Crippen LogP contribution >= 0.6 is 11.6 Å². The fraction of sp³-hybridized carbons (Fsp3) is 0.350. The number of nitrogens with one attached hydrogen (secondary N) is 1. The predicted octanol–water partition coefficient (Wildman–Crippen LogP) is 7.05. The summed E-state index contributed by atoms with van der Waals surface area (Å²) in [6.07, 6.45) is 3.16.